The van der Waals surface area contributed by atoms with Crippen LogP contribution in [0.1, 0.15) is 66.1 Å². The highest BCUT2D eigenvalue weighted by molar-refractivity contribution is 7.11. The smallest absolute Gasteiger partial charge is 0.306 e. The van der Waals surface area contributed by atoms with Crippen LogP contribution in [0.4, 0.5) is 0 Å². The standard InChI is InChI=1S/C34H40N4O4S/c1-21(34(40)41)17-27-19-28(24-7-5-4-6-8-24)33(38(27)20-31(39)37-13-15-42-16-14-37)26-10-11-29-25(18-26)9-12-30(36-29)32-22(2)43-23(3)35-32/h9-12,18-19,21,24H,4-8,13-17,20H2,1-3H3,(H,40,41). The van der Waals surface area contributed by atoms with Gasteiger partial charge in [0, 0.05) is 35.5 Å². The fraction of sp³-hybridized carbons (Fsp3) is 0.471. The van der Waals surface area contributed by atoms with Gasteiger partial charge in [0.15, 0.2) is 0 Å². The third-order valence-electron chi connectivity index (χ3n) is 8.96. The molecule has 1 saturated heterocycles. The lowest BCUT2D eigenvalue weighted by molar-refractivity contribution is -0.141. The first-order valence-electron chi connectivity index (χ1n) is 15.4. The van der Waals surface area contributed by atoms with E-state index in [-0.39, 0.29) is 12.5 Å². The van der Waals surface area contributed by atoms with E-state index in [1.165, 1.54) is 24.8 Å². The van der Waals surface area contributed by atoms with Gasteiger partial charge in [-0.3, -0.25) is 9.59 Å². The number of carbonyl (C=O) groups excluding carboxylic acids is 1. The zero-order chi connectivity index (χ0) is 30.1. The van der Waals surface area contributed by atoms with Crippen molar-refractivity contribution in [3.05, 3.63) is 57.5 Å². The first-order chi connectivity index (χ1) is 20.8. The Kier molecular flexibility index (Phi) is 8.63. The highest BCUT2D eigenvalue weighted by Crippen LogP contribution is 2.41. The average molecular weight is 601 g/mol. The fourth-order valence-electron chi connectivity index (χ4n) is 6.64. The molecule has 4 heterocycles. The van der Waals surface area contributed by atoms with E-state index < -0.39 is 11.9 Å². The summed E-state index contributed by atoms with van der Waals surface area (Å²) in [5, 5.41) is 11.8. The van der Waals surface area contributed by atoms with E-state index in [1.54, 1.807) is 18.3 Å². The Morgan fingerprint density at radius 2 is 1.81 bits per heavy atom. The minimum atomic E-state index is -0.828. The van der Waals surface area contributed by atoms with E-state index in [9.17, 15) is 14.7 Å². The Bertz CT molecular complexity index is 1650. The van der Waals surface area contributed by atoms with Gasteiger partial charge in [-0.05, 0) is 68.0 Å². The average Bonchev–Trinajstić information content (AvgIpc) is 3.55. The Labute approximate surface area is 256 Å². The quantitative estimate of drug-likeness (QED) is 0.244. The Morgan fingerprint density at radius 1 is 1.05 bits per heavy atom. The number of carboxylic acids is 1. The van der Waals surface area contributed by atoms with Gasteiger partial charge < -0.3 is 19.3 Å². The van der Waals surface area contributed by atoms with E-state index >= 15 is 0 Å². The van der Waals surface area contributed by atoms with Crippen molar-refractivity contribution in [1.82, 2.24) is 19.4 Å². The van der Waals surface area contributed by atoms with Crippen LogP contribution in [0.3, 0.4) is 0 Å². The summed E-state index contributed by atoms with van der Waals surface area (Å²) in [6.07, 6.45) is 6.19. The lowest BCUT2D eigenvalue weighted by Crippen LogP contribution is -2.42. The predicted octanol–water partition coefficient (Wildman–Crippen LogP) is 6.61. The summed E-state index contributed by atoms with van der Waals surface area (Å²) in [6, 6.07) is 12.7. The molecule has 0 spiro atoms. The fourth-order valence-corrected chi connectivity index (χ4v) is 7.47. The number of thiazole rings is 1. The lowest BCUT2D eigenvalue weighted by atomic mass is 9.83. The molecule has 1 aromatic carbocycles. The molecule has 1 aliphatic carbocycles. The molecule has 1 unspecified atom stereocenters. The number of benzene rings is 1. The molecule has 43 heavy (non-hydrogen) atoms. The van der Waals surface area contributed by atoms with Crippen LogP contribution in [0.25, 0.3) is 33.5 Å². The minimum Gasteiger partial charge on any atom is -0.481 e. The summed E-state index contributed by atoms with van der Waals surface area (Å²) in [5.74, 6) is -0.961. The number of rotatable bonds is 8. The summed E-state index contributed by atoms with van der Waals surface area (Å²) < 4.78 is 7.61. The molecular weight excluding hydrogens is 560 g/mol. The molecule has 4 aromatic rings. The maximum Gasteiger partial charge on any atom is 0.306 e. The number of morpholine rings is 1. The van der Waals surface area contributed by atoms with Crippen LogP contribution in [-0.2, 0) is 27.3 Å². The molecule has 1 N–H and O–H groups in total. The molecule has 3 aromatic heterocycles. The summed E-state index contributed by atoms with van der Waals surface area (Å²) in [5.41, 5.74) is 6.92. The van der Waals surface area contributed by atoms with Crippen molar-refractivity contribution >= 4 is 34.1 Å². The first kappa shape index (κ1) is 29.5. The molecular formula is C34H40N4O4S. The molecule has 1 saturated carbocycles. The number of aryl methyl sites for hydroxylation is 2. The van der Waals surface area contributed by atoms with Crippen molar-refractivity contribution in [2.24, 2.45) is 5.92 Å². The third kappa shape index (κ3) is 6.24. The van der Waals surface area contributed by atoms with Crippen LogP contribution >= 0.6 is 11.3 Å². The van der Waals surface area contributed by atoms with E-state index in [2.05, 4.69) is 41.8 Å². The normalized spacial score (nSPS) is 17.0. The van der Waals surface area contributed by atoms with E-state index in [4.69, 9.17) is 14.7 Å². The number of pyridine rings is 1. The molecule has 1 aliphatic heterocycles. The van der Waals surface area contributed by atoms with Crippen molar-refractivity contribution in [2.45, 2.75) is 71.8 Å². The van der Waals surface area contributed by atoms with Crippen LogP contribution in [0, 0.1) is 19.8 Å². The molecule has 9 heteroatoms. The number of nitrogens with zero attached hydrogens (tertiary/aromatic N) is 4. The van der Waals surface area contributed by atoms with Gasteiger partial charge in [0.2, 0.25) is 5.91 Å². The van der Waals surface area contributed by atoms with Gasteiger partial charge in [-0.1, -0.05) is 38.3 Å². The molecule has 8 nitrogen and oxygen atoms in total. The number of hydrogen-bond acceptors (Lipinski definition) is 6. The largest absolute Gasteiger partial charge is 0.481 e. The van der Waals surface area contributed by atoms with Gasteiger partial charge >= 0.3 is 5.97 Å². The number of aromatic nitrogens is 3. The second kappa shape index (κ2) is 12.6. The Morgan fingerprint density at radius 3 is 2.51 bits per heavy atom. The molecule has 2 fully saturated rings. The van der Waals surface area contributed by atoms with Gasteiger partial charge in [0.05, 0.1) is 41.0 Å². The van der Waals surface area contributed by atoms with Crippen molar-refractivity contribution in [1.29, 1.82) is 0 Å². The number of ether oxygens (including phenoxy) is 1. The number of amides is 1. The summed E-state index contributed by atoms with van der Waals surface area (Å²) in [6.45, 7) is 8.26. The number of fused-ring (bicyclic) bond motifs is 1. The predicted molar refractivity (Wildman–Crippen MR) is 169 cm³/mol. The van der Waals surface area contributed by atoms with E-state index in [1.807, 2.05) is 17.9 Å². The molecule has 6 rings (SSSR count). The molecule has 1 atom stereocenters. The molecule has 0 bridgehead atoms. The zero-order valence-corrected chi connectivity index (χ0v) is 26.1. The maximum atomic E-state index is 13.6. The zero-order valence-electron chi connectivity index (χ0n) is 25.3. The van der Waals surface area contributed by atoms with Crippen molar-refractivity contribution in [3.8, 4) is 22.6 Å². The van der Waals surface area contributed by atoms with Gasteiger partial charge in [-0.15, -0.1) is 11.3 Å². The maximum absolute atomic E-state index is 13.6. The number of carbonyl (C=O) groups is 2. The van der Waals surface area contributed by atoms with Crippen LogP contribution in [0.5, 0.6) is 0 Å². The van der Waals surface area contributed by atoms with Crippen LogP contribution in [0.15, 0.2) is 36.4 Å². The molecule has 2 aliphatic rings. The van der Waals surface area contributed by atoms with Crippen molar-refractivity contribution in [2.75, 3.05) is 26.3 Å². The van der Waals surface area contributed by atoms with Crippen LogP contribution in [-0.4, -0.2) is 62.7 Å². The van der Waals surface area contributed by atoms with E-state index in [0.717, 1.165) is 62.0 Å². The Balaban J connectivity index is 1.46. The minimum absolute atomic E-state index is 0.0422. The highest BCUT2D eigenvalue weighted by atomic mass is 32.1. The first-order valence-corrected chi connectivity index (χ1v) is 16.3. The second-order valence-corrected chi connectivity index (χ2v) is 13.4. The van der Waals surface area contributed by atoms with Gasteiger partial charge in [-0.2, -0.15) is 0 Å². The third-order valence-corrected chi connectivity index (χ3v) is 9.85. The summed E-state index contributed by atoms with van der Waals surface area (Å²) >= 11 is 1.68. The second-order valence-electron chi connectivity index (χ2n) is 12.0. The lowest BCUT2D eigenvalue weighted by Gasteiger charge is -2.28. The van der Waals surface area contributed by atoms with E-state index in [0.29, 0.717) is 38.6 Å². The molecule has 226 valence electrons. The summed E-state index contributed by atoms with van der Waals surface area (Å²) in [4.78, 5) is 38.3. The summed E-state index contributed by atoms with van der Waals surface area (Å²) in [7, 11) is 0. The van der Waals surface area contributed by atoms with Gasteiger partial charge in [0.1, 0.15) is 12.2 Å². The van der Waals surface area contributed by atoms with Crippen molar-refractivity contribution in [3.63, 3.8) is 0 Å². The molecule has 0 radical (unpaired) electrons. The van der Waals surface area contributed by atoms with Crippen LogP contribution in [0.2, 0.25) is 0 Å². The SMILES string of the molecule is Cc1nc(-c2ccc3cc(-c4c(C5CCCCC5)cc(CC(C)C(=O)O)n4CC(=O)N4CCOCC4)ccc3n2)c(C)s1. The number of aliphatic carboxylic acids is 1. The van der Waals surface area contributed by atoms with Crippen molar-refractivity contribution < 1.29 is 19.4 Å². The van der Waals surface area contributed by atoms with Gasteiger partial charge in [0.25, 0.3) is 0 Å². The molecule has 1 amide bonds. The topological polar surface area (TPSA) is 97.5 Å². The number of hydrogen-bond donors (Lipinski definition) is 1. The Hall–Kier alpha value is -3.56. The number of carboxylic acid groups (broad SMARTS) is 1. The van der Waals surface area contributed by atoms with Gasteiger partial charge in [-0.25, -0.2) is 9.97 Å². The van der Waals surface area contributed by atoms with Crippen LogP contribution < -0.4 is 0 Å². The monoisotopic (exact) mass is 600 g/mol. The highest BCUT2D eigenvalue weighted by Gasteiger charge is 2.28.